The van der Waals surface area contributed by atoms with E-state index in [2.05, 4.69) is 39.9 Å². The number of aryl methyl sites for hydroxylation is 4. The molecule has 8 nitrogen and oxygen atoms in total. The van der Waals surface area contributed by atoms with Crippen molar-refractivity contribution in [2.75, 3.05) is 0 Å². The summed E-state index contributed by atoms with van der Waals surface area (Å²) in [5.41, 5.74) is 3.07. The number of rotatable bonds is 0. The first-order chi connectivity index (χ1) is 17.6. The highest BCUT2D eigenvalue weighted by molar-refractivity contribution is 4.97. The molecule has 8 heteroatoms. The Morgan fingerprint density at radius 3 is 1.22 bits per heavy atom. The van der Waals surface area contributed by atoms with Gasteiger partial charge in [0.25, 0.3) is 0 Å². The summed E-state index contributed by atoms with van der Waals surface area (Å²) in [6, 6.07) is 3.66. The second-order valence-electron chi connectivity index (χ2n) is 5.41. The second kappa shape index (κ2) is 35.9. The molecule has 0 saturated carbocycles. The molecular formula is C28H48N8. The van der Waals surface area contributed by atoms with Gasteiger partial charge in [0.05, 0.1) is 5.69 Å². The molecule has 0 saturated heterocycles. The number of hydrogen-bond acceptors (Lipinski definition) is 8. The van der Waals surface area contributed by atoms with Crippen LogP contribution in [0, 0.1) is 27.7 Å². The average molecular weight is 497 g/mol. The lowest BCUT2D eigenvalue weighted by Gasteiger charge is -1.81. The lowest BCUT2D eigenvalue weighted by atomic mass is 10.4. The van der Waals surface area contributed by atoms with Crippen LogP contribution in [-0.4, -0.2) is 39.9 Å². The molecule has 0 aliphatic carbocycles. The van der Waals surface area contributed by atoms with Crippen LogP contribution in [0.5, 0.6) is 0 Å². The van der Waals surface area contributed by atoms with E-state index in [1.165, 1.54) is 12.7 Å². The van der Waals surface area contributed by atoms with Gasteiger partial charge in [0, 0.05) is 55.3 Å². The molecule has 0 spiro atoms. The Morgan fingerprint density at radius 1 is 0.444 bits per heavy atom. The Kier molecular flexibility index (Phi) is 39.4. The molecule has 4 rings (SSSR count). The SMILES string of the molecule is CC.CC.CC.CC.Cc1ccncn1.Cc1cnccn1.Cc1cncnc1.Cc1ncccn1. The normalized spacial score (nSPS) is 7.44. The third kappa shape index (κ3) is 32.5. The van der Waals surface area contributed by atoms with E-state index in [0.717, 1.165) is 22.8 Å². The molecule has 200 valence electrons. The summed E-state index contributed by atoms with van der Waals surface area (Å²) in [6.07, 6.45) is 16.8. The van der Waals surface area contributed by atoms with Crippen LogP contribution in [0.1, 0.15) is 78.2 Å². The number of hydrogen-bond donors (Lipinski definition) is 0. The van der Waals surface area contributed by atoms with Crippen molar-refractivity contribution in [1.29, 1.82) is 0 Å². The molecule has 0 unspecified atom stereocenters. The molecular weight excluding hydrogens is 448 g/mol. The zero-order valence-electron chi connectivity index (χ0n) is 24.5. The third-order valence-corrected chi connectivity index (χ3v) is 2.81. The topological polar surface area (TPSA) is 103 Å². The largest absolute Gasteiger partial charge is 0.261 e. The summed E-state index contributed by atoms with van der Waals surface area (Å²) >= 11 is 0. The summed E-state index contributed by atoms with van der Waals surface area (Å²) in [7, 11) is 0. The summed E-state index contributed by atoms with van der Waals surface area (Å²) in [4.78, 5) is 30.6. The highest BCUT2D eigenvalue weighted by Crippen LogP contribution is 1.84. The average Bonchev–Trinajstić information content (AvgIpc) is 2.96. The first kappa shape index (κ1) is 39.5. The van der Waals surface area contributed by atoms with Crippen LogP contribution >= 0.6 is 0 Å². The van der Waals surface area contributed by atoms with Crippen LogP contribution in [-0.2, 0) is 0 Å². The lowest BCUT2D eigenvalue weighted by molar-refractivity contribution is 1.05. The zero-order valence-corrected chi connectivity index (χ0v) is 24.5. The fraction of sp³-hybridized carbons (Fsp3) is 0.429. The van der Waals surface area contributed by atoms with E-state index in [9.17, 15) is 0 Å². The van der Waals surface area contributed by atoms with Crippen molar-refractivity contribution >= 4 is 0 Å². The molecule has 0 N–H and O–H groups in total. The summed E-state index contributed by atoms with van der Waals surface area (Å²) < 4.78 is 0. The fourth-order valence-corrected chi connectivity index (χ4v) is 1.48. The van der Waals surface area contributed by atoms with Crippen molar-refractivity contribution in [3.05, 3.63) is 97.1 Å². The predicted molar refractivity (Wildman–Crippen MR) is 152 cm³/mol. The molecule has 36 heavy (non-hydrogen) atoms. The minimum atomic E-state index is 0.822. The first-order valence-corrected chi connectivity index (χ1v) is 12.5. The minimum Gasteiger partial charge on any atom is -0.261 e. The Morgan fingerprint density at radius 2 is 1.00 bits per heavy atom. The van der Waals surface area contributed by atoms with Gasteiger partial charge in [0.15, 0.2) is 0 Å². The van der Waals surface area contributed by atoms with Crippen molar-refractivity contribution < 1.29 is 0 Å². The van der Waals surface area contributed by atoms with Crippen LogP contribution < -0.4 is 0 Å². The minimum absolute atomic E-state index is 0.822. The second-order valence-corrected chi connectivity index (χ2v) is 5.41. The highest BCUT2D eigenvalue weighted by Gasteiger charge is 1.76. The van der Waals surface area contributed by atoms with E-state index in [4.69, 9.17) is 0 Å². The predicted octanol–water partition coefficient (Wildman–Crippen LogP) is 7.24. The third-order valence-electron chi connectivity index (χ3n) is 2.81. The maximum Gasteiger partial charge on any atom is 0.125 e. The molecule has 4 heterocycles. The highest BCUT2D eigenvalue weighted by atomic mass is 14.8. The van der Waals surface area contributed by atoms with Crippen LogP contribution in [0.25, 0.3) is 0 Å². The molecule has 0 atom stereocenters. The van der Waals surface area contributed by atoms with Crippen molar-refractivity contribution in [1.82, 2.24) is 39.9 Å². The van der Waals surface area contributed by atoms with Crippen molar-refractivity contribution in [2.24, 2.45) is 0 Å². The zero-order chi connectivity index (χ0) is 28.5. The van der Waals surface area contributed by atoms with Crippen LogP contribution in [0.15, 0.2) is 74.4 Å². The summed E-state index contributed by atoms with van der Waals surface area (Å²) in [5.74, 6) is 0.822. The molecule has 0 aliphatic rings. The van der Waals surface area contributed by atoms with Gasteiger partial charge in [-0.2, -0.15) is 0 Å². The van der Waals surface area contributed by atoms with Gasteiger partial charge >= 0.3 is 0 Å². The van der Waals surface area contributed by atoms with E-state index >= 15 is 0 Å². The van der Waals surface area contributed by atoms with E-state index in [1.807, 2.05) is 89.2 Å². The van der Waals surface area contributed by atoms with E-state index < -0.39 is 0 Å². The fourth-order valence-electron chi connectivity index (χ4n) is 1.48. The Balaban J connectivity index is -0.000000173. The van der Waals surface area contributed by atoms with Crippen LogP contribution in [0.4, 0.5) is 0 Å². The van der Waals surface area contributed by atoms with Gasteiger partial charge in [-0.3, -0.25) is 9.97 Å². The lowest BCUT2D eigenvalue weighted by Crippen LogP contribution is -1.80. The monoisotopic (exact) mass is 496 g/mol. The van der Waals surface area contributed by atoms with Crippen LogP contribution in [0.3, 0.4) is 0 Å². The summed E-state index contributed by atoms with van der Waals surface area (Å²) in [5, 5.41) is 0. The Bertz CT molecular complexity index is 697. The Hall–Kier alpha value is -3.68. The molecule has 4 aromatic rings. The molecule has 4 aromatic heterocycles. The van der Waals surface area contributed by atoms with Gasteiger partial charge in [-0.05, 0) is 45.4 Å². The molecule has 0 bridgehead atoms. The number of aromatic nitrogens is 8. The van der Waals surface area contributed by atoms with Crippen molar-refractivity contribution in [2.45, 2.75) is 83.1 Å². The van der Waals surface area contributed by atoms with Crippen LogP contribution in [0.2, 0.25) is 0 Å². The Labute approximate surface area is 220 Å². The van der Waals surface area contributed by atoms with Gasteiger partial charge in [-0.15, -0.1) is 0 Å². The van der Waals surface area contributed by atoms with Gasteiger partial charge in [0.1, 0.15) is 18.5 Å². The molecule has 0 fully saturated rings. The smallest absolute Gasteiger partial charge is 0.125 e. The molecule has 0 radical (unpaired) electrons. The maximum absolute atomic E-state index is 3.92. The van der Waals surface area contributed by atoms with Gasteiger partial charge in [-0.1, -0.05) is 55.4 Å². The van der Waals surface area contributed by atoms with Gasteiger partial charge in [-0.25, -0.2) is 29.9 Å². The van der Waals surface area contributed by atoms with E-state index in [-0.39, 0.29) is 0 Å². The number of nitrogens with zero attached hydrogens (tertiary/aromatic N) is 8. The maximum atomic E-state index is 3.92. The van der Waals surface area contributed by atoms with Crippen molar-refractivity contribution in [3.63, 3.8) is 0 Å². The first-order valence-electron chi connectivity index (χ1n) is 12.5. The van der Waals surface area contributed by atoms with Crippen molar-refractivity contribution in [3.8, 4) is 0 Å². The van der Waals surface area contributed by atoms with E-state index in [0.29, 0.717) is 0 Å². The molecule has 0 aromatic carbocycles. The molecule has 0 aliphatic heterocycles. The molecule has 0 amide bonds. The summed E-state index contributed by atoms with van der Waals surface area (Å²) in [6.45, 7) is 23.7. The standard InChI is InChI=1S/4C5H6N2.4C2H6/c1-5-2-6-4-7-3-5;1-5-4-6-2-3-7-5;1-5-2-3-6-4-7-5;1-5-6-3-2-4-7-5;4*1-2/h4*2-4H,1H3;4*1-2H3. The van der Waals surface area contributed by atoms with E-state index in [1.54, 1.807) is 55.6 Å². The van der Waals surface area contributed by atoms with Gasteiger partial charge < -0.3 is 0 Å². The van der Waals surface area contributed by atoms with Gasteiger partial charge in [0.2, 0.25) is 0 Å². The quantitative estimate of drug-likeness (QED) is 0.251.